The molecule has 0 heterocycles. The van der Waals surface area contributed by atoms with Crippen LogP contribution in [0.5, 0.6) is 23.0 Å². The van der Waals surface area contributed by atoms with Gasteiger partial charge in [-0.15, -0.1) is 0 Å². The summed E-state index contributed by atoms with van der Waals surface area (Å²) in [5.74, 6) is 0.501. The van der Waals surface area contributed by atoms with E-state index in [0.717, 1.165) is 0 Å². The Kier molecular flexibility index (Phi) is 5.85. The molecule has 2 rings (SSSR count). The Labute approximate surface area is 146 Å². The maximum atomic E-state index is 12.8. The largest absolute Gasteiger partial charge is 0.497 e. The Bertz CT molecular complexity index is 767. The first kappa shape index (κ1) is 18.1. The smallest absolute Gasteiger partial charge is 0.203 e. The quantitative estimate of drug-likeness (QED) is 0.720. The van der Waals surface area contributed by atoms with Crippen molar-refractivity contribution in [2.24, 2.45) is 0 Å². The molecule has 0 bridgehead atoms. The first-order valence-corrected chi connectivity index (χ1v) is 7.47. The molecule has 2 aromatic carbocycles. The van der Waals surface area contributed by atoms with Gasteiger partial charge in [0.25, 0.3) is 0 Å². The molecule has 0 aliphatic heterocycles. The molecule has 0 spiro atoms. The van der Waals surface area contributed by atoms with E-state index in [1.807, 2.05) is 0 Å². The highest BCUT2D eigenvalue weighted by Crippen LogP contribution is 2.40. The zero-order valence-electron chi connectivity index (χ0n) is 14.5. The van der Waals surface area contributed by atoms with Gasteiger partial charge in [0.05, 0.1) is 34.5 Å². The predicted molar refractivity (Wildman–Crippen MR) is 91.8 cm³/mol. The van der Waals surface area contributed by atoms with Gasteiger partial charge in [-0.3, -0.25) is 4.79 Å². The Hall–Kier alpha value is -3.20. The molecule has 0 radical (unpaired) electrons. The van der Waals surface area contributed by atoms with E-state index in [-0.39, 0.29) is 5.78 Å². The van der Waals surface area contributed by atoms with Crippen LogP contribution < -0.4 is 18.9 Å². The Balaban J connectivity index is 2.46. The number of Topliss-reactive ketones (excluding diaryl/α,β-unsaturated/α-hetero) is 1. The maximum Gasteiger partial charge on any atom is 0.203 e. The number of rotatable bonds is 7. The van der Waals surface area contributed by atoms with Gasteiger partial charge in [-0.25, -0.2) is 0 Å². The summed E-state index contributed by atoms with van der Waals surface area (Å²) in [6.45, 7) is 0. The summed E-state index contributed by atoms with van der Waals surface area (Å²) in [5, 5.41) is 9.56. The number of carbonyl (C=O) groups excluding carboxylic acids is 1. The van der Waals surface area contributed by atoms with Gasteiger partial charge < -0.3 is 18.9 Å². The second-order valence-corrected chi connectivity index (χ2v) is 5.11. The molecule has 0 saturated carbocycles. The van der Waals surface area contributed by atoms with E-state index >= 15 is 0 Å². The topological polar surface area (TPSA) is 77.8 Å². The van der Waals surface area contributed by atoms with Crippen molar-refractivity contribution >= 4 is 5.78 Å². The molecule has 6 nitrogen and oxygen atoms in total. The molecule has 0 unspecified atom stereocenters. The third-order valence-electron chi connectivity index (χ3n) is 3.79. The van der Waals surface area contributed by atoms with Crippen LogP contribution in [0.25, 0.3) is 0 Å². The first-order valence-electron chi connectivity index (χ1n) is 7.47. The molecule has 2 aromatic rings. The molecule has 0 fully saturated rings. The lowest BCUT2D eigenvalue weighted by molar-refractivity contribution is 0.0978. The molecule has 0 N–H and O–H groups in total. The first-order chi connectivity index (χ1) is 12.1. The van der Waals surface area contributed by atoms with Crippen molar-refractivity contribution in [1.29, 1.82) is 5.26 Å². The highest BCUT2D eigenvalue weighted by molar-refractivity contribution is 6.03. The second kappa shape index (κ2) is 8.06. The number of ether oxygens (including phenoxy) is 4. The number of hydrogen-bond acceptors (Lipinski definition) is 6. The van der Waals surface area contributed by atoms with Crippen LogP contribution in [0, 0.1) is 11.3 Å². The van der Waals surface area contributed by atoms with Crippen molar-refractivity contribution in [3.05, 3.63) is 47.5 Å². The molecule has 0 amide bonds. The molecule has 6 heteroatoms. The number of ketones is 1. The highest BCUT2D eigenvalue weighted by atomic mass is 16.5. The SMILES string of the molecule is COc1ccc(C(=O)[C@H](C#N)c2cc(OC)c(OC)c(OC)c2)cc1. The average Bonchev–Trinajstić information content (AvgIpc) is 2.67. The molecule has 0 aliphatic rings. The van der Waals surface area contributed by atoms with Gasteiger partial charge in [0.15, 0.2) is 17.3 Å². The number of methoxy groups -OCH3 is 4. The van der Waals surface area contributed by atoms with E-state index in [0.29, 0.717) is 34.1 Å². The summed E-state index contributed by atoms with van der Waals surface area (Å²) in [7, 11) is 6.00. The fourth-order valence-electron chi connectivity index (χ4n) is 2.47. The summed E-state index contributed by atoms with van der Waals surface area (Å²) in [5.41, 5.74) is 0.888. The summed E-state index contributed by atoms with van der Waals surface area (Å²) in [4.78, 5) is 12.8. The van der Waals surface area contributed by atoms with Gasteiger partial charge >= 0.3 is 0 Å². The second-order valence-electron chi connectivity index (χ2n) is 5.11. The number of nitriles is 1. The van der Waals surface area contributed by atoms with Crippen molar-refractivity contribution < 1.29 is 23.7 Å². The highest BCUT2D eigenvalue weighted by Gasteiger charge is 2.25. The van der Waals surface area contributed by atoms with Gasteiger partial charge in [0, 0.05) is 5.56 Å². The summed E-state index contributed by atoms with van der Waals surface area (Å²) >= 11 is 0. The van der Waals surface area contributed by atoms with Crippen LogP contribution in [0.4, 0.5) is 0 Å². The van der Waals surface area contributed by atoms with Gasteiger partial charge in [0.2, 0.25) is 5.75 Å². The van der Waals surface area contributed by atoms with E-state index in [9.17, 15) is 10.1 Å². The van der Waals surface area contributed by atoms with Crippen LogP contribution in [0.15, 0.2) is 36.4 Å². The van der Waals surface area contributed by atoms with Crippen LogP contribution >= 0.6 is 0 Å². The number of carbonyl (C=O) groups is 1. The van der Waals surface area contributed by atoms with Crippen LogP contribution in [-0.2, 0) is 0 Å². The normalized spacial score (nSPS) is 11.2. The summed E-state index contributed by atoms with van der Waals surface area (Å²) < 4.78 is 20.9. The maximum absolute atomic E-state index is 12.8. The monoisotopic (exact) mass is 341 g/mol. The third kappa shape index (κ3) is 3.66. The molecule has 0 saturated heterocycles. The third-order valence-corrected chi connectivity index (χ3v) is 3.79. The predicted octanol–water partition coefficient (Wildman–Crippen LogP) is 3.21. The zero-order chi connectivity index (χ0) is 18.4. The van der Waals surface area contributed by atoms with Crippen molar-refractivity contribution in [3.63, 3.8) is 0 Å². The molecule has 25 heavy (non-hydrogen) atoms. The van der Waals surface area contributed by atoms with Crippen molar-refractivity contribution in [3.8, 4) is 29.1 Å². The number of nitrogens with zero attached hydrogens (tertiary/aromatic N) is 1. The fraction of sp³-hybridized carbons (Fsp3) is 0.263. The van der Waals surface area contributed by atoms with Crippen molar-refractivity contribution in [1.82, 2.24) is 0 Å². The van der Waals surface area contributed by atoms with E-state index in [1.54, 1.807) is 43.5 Å². The average molecular weight is 341 g/mol. The van der Waals surface area contributed by atoms with Gasteiger partial charge in [-0.2, -0.15) is 5.26 Å². The number of hydrogen-bond donors (Lipinski definition) is 0. The van der Waals surface area contributed by atoms with Gasteiger partial charge in [0.1, 0.15) is 11.7 Å². The van der Waals surface area contributed by atoms with Crippen molar-refractivity contribution in [2.45, 2.75) is 5.92 Å². The standard InChI is InChI=1S/C19H19NO5/c1-22-14-7-5-12(6-8-14)18(21)15(11-20)13-9-16(23-2)19(25-4)17(10-13)24-3/h5-10,15H,1-4H3/t15-/m1/s1. The minimum Gasteiger partial charge on any atom is -0.497 e. The molecule has 130 valence electrons. The zero-order valence-corrected chi connectivity index (χ0v) is 14.5. The minimum atomic E-state index is -0.998. The lowest BCUT2D eigenvalue weighted by Crippen LogP contribution is -2.12. The lowest BCUT2D eigenvalue weighted by Gasteiger charge is -2.16. The van der Waals surface area contributed by atoms with Gasteiger partial charge in [-0.1, -0.05) is 0 Å². The fourth-order valence-corrected chi connectivity index (χ4v) is 2.47. The van der Waals surface area contributed by atoms with Crippen molar-refractivity contribution in [2.75, 3.05) is 28.4 Å². The lowest BCUT2D eigenvalue weighted by atomic mass is 9.91. The number of benzene rings is 2. The van der Waals surface area contributed by atoms with E-state index in [4.69, 9.17) is 18.9 Å². The van der Waals surface area contributed by atoms with Crippen LogP contribution in [0.1, 0.15) is 21.8 Å². The summed E-state index contributed by atoms with van der Waals surface area (Å²) in [6.07, 6.45) is 0. The molecular weight excluding hydrogens is 322 g/mol. The Morgan fingerprint density at radius 2 is 1.48 bits per heavy atom. The Morgan fingerprint density at radius 1 is 0.920 bits per heavy atom. The van der Waals surface area contributed by atoms with Crippen LogP contribution in [-0.4, -0.2) is 34.2 Å². The van der Waals surface area contributed by atoms with Crippen LogP contribution in [0.2, 0.25) is 0 Å². The van der Waals surface area contributed by atoms with E-state index < -0.39 is 5.92 Å². The molecule has 0 aromatic heterocycles. The Morgan fingerprint density at radius 3 is 1.88 bits per heavy atom. The molecule has 0 aliphatic carbocycles. The molecular formula is C19H19NO5. The molecule has 1 atom stereocenters. The van der Waals surface area contributed by atoms with E-state index in [1.165, 1.54) is 21.3 Å². The van der Waals surface area contributed by atoms with Crippen LogP contribution in [0.3, 0.4) is 0 Å². The minimum absolute atomic E-state index is 0.320. The summed E-state index contributed by atoms with van der Waals surface area (Å²) in [6, 6.07) is 11.9. The van der Waals surface area contributed by atoms with E-state index in [2.05, 4.69) is 6.07 Å². The van der Waals surface area contributed by atoms with Gasteiger partial charge in [-0.05, 0) is 42.0 Å².